The van der Waals surface area contributed by atoms with Crippen LogP contribution in [0.25, 0.3) is 11.1 Å². The van der Waals surface area contributed by atoms with Gasteiger partial charge in [0.2, 0.25) is 0 Å². The summed E-state index contributed by atoms with van der Waals surface area (Å²) in [5.74, 6) is 0.956. The Hall–Kier alpha value is -3.06. The monoisotopic (exact) mass is 497 g/mol. The zero-order valence-electron chi connectivity index (χ0n) is 19.3. The third-order valence-electron chi connectivity index (χ3n) is 6.31. The van der Waals surface area contributed by atoms with Crippen LogP contribution in [0, 0.1) is 5.92 Å². The van der Waals surface area contributed by atoms with Crippen LogP contribution in [-0.4, -0.2) is 23.7 Å². The number of anilines is 1. The molecule has 0 bridgehead atoms. The number of ketones is 1. The quantitative estimate of drug-likeness (QED) is 0.363. The van der Waals surface area contributed by atoms with Gasteiger partial charge in [-0.1, -0.05) is 36.4 Å². The summed E-state index contributed by atoms with van der Waals surface area (Å²) < 4.78 is 38.8. The Morgan fingerprint density at radius 3 is 2.40 bits per heavy atom. The third-order valence-corrected chi connectivity index (χ3v) is 6.92. The molecule has 3 nitrogen and oxygen atoms in total. The van der Waals surface area contributed by atoms with Crippen LogP contribution in [0.1, 0.15) is 39.9 Å². The van der Waals surface area contributed by atoms with Crippen LogP contribution in [0.15, 0.2) is 66.7 Å². The van der Waals surface area contributed by atoms with Gasteiger partial charge in [-0.25, -0.2) is 0 Å². The number of halogens is 3. The van der Waals surface area contributed by atoms with Gasteiger partial charge in [-0.15, -0.1) is 0 Å². The molecule has 4 rings (SSSR count). The van der Waals surface area contributed by atoms with Gasteiger partial charge in [0, 0.05) is 17.7 Å². The number of carbonyl (C=O) groups excluding carboxylic acids is 2. The van der Waals surface area contributed by atoms with Crippen molar-refractivity contribution in [3.8, 4) is 11.1 Å². The molecule has 0 saturated carbocycles. The number of hydrogen-bond acceptors (Lipinski definition) is 3. The SMILES string of the molecule is CSCC(=O)CCC1Cc2ccc(NC(=O)c3ccccc3-c3ccc(C(F)(F)F)cc3)cc2C1. The first kappa shape index (κ1) is 25.0. The van der Waals surface area contributed by atoms with Crippen LogP contribution in [0.2, 0.25) is 0 Å². The van der Waals surface area contributed by atoms with Crippen molar-refractivity contribution >= 4 is 29.1 Å². The number of alkyl halides is 3. The summed E-state index contributed by atoms with van der Waals surface area (Å²) in [5.41, 5.74) is 3.87. The first-order valence-electron chi connectivity index (χ1n) is 11.4. The maximum absolute atomic E-state index is 13.1. The molecular weight excluding hydrogens is 471 g/mol. The number of carbonyl (C=O) groups is 2. The molecule has 0 aliphatic heterocycles. The summed E-state index contributed by atoms with van der Waals surface area (Å²) in [4.78, 5) is 25.0. The third kappa shape index (κ3) is 6.14. The molecule has 1 atom stereocenters. The van der Waals surface area contributed by atoms with Crippen LogP contribution in [-0.2, 0) is 23.8 Å². The van der Waals surface area contributed by atoms with Gasteiger partial charge >= 0.3 is 6.18 Å². The van der Waals surface area contributed by atoms with Gasteiger partial charge in [0.15, 0.2) is 0 Å². The van der Waals surface area contributed by atoms with Crippen molar-refractivity contribution < 1.29 is 22.8 Å². The molecule has 1 aliphatic carbocycles. The lowest BCUT2D eigenvalue weighted by molar-refractivity contribution is -0.137. The van der Waals surface area contributed by atoms with E-state index in [1.807, 2.05) is 24.5 Å². The summed E-state index contributed by atoms with van der Waals surface area (Å²) in [5, 5.41) is 2.94. The molecule has 3 aromatic carbocycles. The fourth-order valence-electron chi connectivity index (χ4n) is 4.56. The van der Waals surface area contributed by atoms with E-state index in [0.717, 1.165) is 31.4 Å². The van der Waals surface area contributed by atoms with Gasteiger partial charge in [0.1, 0.15) is 5.78 Å². The highest BCUT2D eigenvalue weighted by molar-refractivity contribution is 7.99. The summed E-state index contributed by atoms with van der Waals surface area (Å²) in [6, 6.07) is 17.6. The Kier molecular flexibility index (Phi) is 7.65. The average molecular weight is 498 g/mol. The maximum Gasteiger partial charge on any atom is 0.416 e. The van der Waals surface area contributed by atoms with E-state index in [1.54, 1.807) is 36.0 Å². The molecule has 1 aliphatic rings. The lowest BCUT2D eigenvalue weighted by atomic mass is 9.98. The van der Waals surface area contributed by atoms with Gasteiger partial charge in [-0.2, -0.15) is 24.9 Å². The van der Waals surface area contributed by atoms with Crippen molar-refractivity contribution in [3.05, 3.63) is 89.0 Å². The number of Topliss-reactive ketones (excluding diaryl/α,β-unsaturated/α-hetero) is 1. The zero-order valence-corrected chi connectivity index (χ0v) is 20.1. The lowest BCUT2D eigenvalue weighted by Gasteiger charge is -2.12. The second-order valence-corrected chi connectivity index (χ2v) is 9.71. The lowest BCUT2D eigenvalue weighted by Crippen LogP contribution is -2.13. The van der Waals surface area contributed by atoms with E-state index in [0.29, 0.717) is 40.5 Å². The van der Waals surface area contributed by atoms with Crippen molar-refractivity contribution in [2.45, 2.75) is 31.9 Å². The van der Waals surface area contributed by atoms with Crippen LogP contribution in [0.5, 0.6) is 0 Å². The summed E-state index contributed by atoms with van der Waals surface area (Å²) >= 11 is 1.55. The fourth-order valence-corrected chi connectivity index (χ4v) is 5.03. The highest BCUT2D eigenvalue weighted by Gasteiger charge is 2.30. The minimum Gasteiger partial charge on any atom is -0.322 e. The molecule has 35 heavy (non-hydrogen) atoms. The molecule has 0 fully saturated rings. The summed E-state index contributed by atoms with van der Waals surface area (Å²) in [6.45, 7) is 0. The van der Waals surface area contributed by atoms with E-state index >= 15 is 0 Å². The Bertz CT molecular complexity index is 1220. The Balaban J connectivity index is 1.46. The first-order valence-corrected chi connectivity index (χ1v) is 12.8. The van der Waals surface area contributed by atoms with Gasteiger partial charge in [0.05, 0.1) is 11.3 Å². The molecule has 1 amide bonds. The topological polar surface area (TPSA) is 46.2 Å². The first-order chi connectivity index (χ1) is 16.7. The number of nitrogens with one attached hydrogen (secondary N) is 1. The average Bonchev–Trinajstić information content (AvgIpc) is 3.25. The number of thioether (sulfide) groups is 1. The van der Waals surface area contributed by atoms with E-state index < -0.39 is 11.7 Å². The standard InChI is InChI=1S/C28H26F3NO2S/c1-35-17-24(33)13-6-18-14-20-9-12-23(16-21(20)15-18)32-27(34)26-5-3-2-4-25(26)19-7-10-22(11-8-19)28(29,30)31/h2-5,7-12,16,18H,6,13-15,17H2,1H3,(H,32,34). The van der Waals surface area contributed by atoms with Crippen molar-refractivity contribution in [3.63, 3.8) is 0 Å². The minimum absolute atomic E-state index is 0.285. The van der Waals surface area contributed by atoms with Gasteiger partial charge in [-0.05, 0) is 84.0 Å². The van der Waals surface area contributed by atoms with Gasteiger partial charge in [0.25, 0.3) is 5.91 Å². The highest BCUT2D eigenvalue weighted by atomic mass is 32.2. The van der Waals surface area contributed by atoms with Gasteiger partial charge < -0.3 is 5.32 Å². The van der Waals surface area contributed by atoms with E-state index in [9.17, 15) is 22.8 Å². The predicted octanol–water partition coefficient (Wildman–Crippen LogP) is 7.05. The van der Waals surface area contributed by atoms with E-state index in [2.05, 4.69) is 5.32 Å². The minimum atomic E-state index is -4.41. The second-order valence-electron chi connectivity index (χ2n) is 8.84. The Morgan fingerprint density at radius 1 is 0.971 bits per heavy atom. The Morgan fingerprint density at radius 2 is 1.69 bits per heavy atom. The molecule has 0 spiro atoms. The van der Waals surface area contributed by atoms with Gasteiger partial charge in [-0.3, -0.25) is 9.59 Å². The van der Waals surface area contributed by atoms with Crippen LogP contribution >= 0.6 is 11.8 Å². The number of rotatable bonds is 8. The van der Waals surface area contributed by atoms with Crippen LogP contribution < -0.4 is 5.32 Å². The second kappa shape index (κ2) is 10.7. The Labute approximate surface area is 207 Å². The van der Waals surface area contributed by atoms with E-state index in [1.165, 1.54) is 23.3 Å². The molecule has 182 valence electrons. The molecule has 0 radical (unpaired) electrons. The maximum atomic E-state index is 13.1. The van der Waals surface area contributed by atoms with E-state index in [4.69, 9.17) is 0 Å². The molecule has 1 unspecified atom stereocenters. The normalized spacial score (nSPS) is 15.0. The van der Waals surface area contributed by atoms with Crippen molar-refractivity contribution in [2.24, 2.45) is 5.92 Å². The molecular formula is C28H26F3NO2S. The molecule has 0 aromatic heterocycles. The highest BCUT2D eigenvalue weighted by Crippen LogP contribution is 2.34. The molecule has 0 saturated heterocycles. The van der Waals surface area contributed by atoms with Crippen LogP contribution in [0.4, 0.5) is 18.9 Å². The molecule has 0 heterocycles. The summed E-state index contributed by atoms with van der Waals surface area (Å²) in [6.07, 6.45) is 0.813. The largest absolute Gasteiger partial charge is 0.416 e. The number of amides is 1. The predicted molar refractivity (Wildman–Crippen MR) is 135 cm³/mol. The van der Waals surface area contributed by atoms with Crippen molar-refractivity contribution in [1.82, 2.24) is 0 Å². The fraction of sp³-hybridized carbons (Fsp3) is 0.286. The molecule has 7 heteroatoms. The smallest absolute Gasteiger partial charge is 0.322 e. The summed E-state index contributed by atoms with van der Waals surface area (Å²) in [7, 11) is 0. The van der Waals surface area contributed by atoms with Crippen molar-refractivity contribution in [1.29, 1.82) is 0 Å². The van der Waals surface area contributed by atoms with E-state index in [-0.39, 0.29) is 11.7 Å². The van der Waals surface area contributed by atoms with Crippen LogP contribution in [0.3, 0.4) is 0 Å². The molecule has 3 aromatic rings. The van der Waals surface area contributed by atoms with Crippen molar-refractivity contribution in [2.75, 3.05) is 17.3 Å². The number of benzene rings is 3. The number of hydrogen-bond donors (Lipinski definition) is 1. The zero-order chi connectivity index (χ0) is 25.0. The molecule has 1 N–H and O–H groups in total. The number of fused-ring (bicyclic) bond motifs is 1.